The van der Waals surface area contributed by atoms with Crippen LogP contribution < -0.4 is 10.2 Å². The molecule has 0 aromatic carbocycles. The molecule has 0 bridgehead atoms. The van der Waals surface area contributed by atoms with Crippen molar-refractivity contribution in [3.8, 4) is 0 Å². The SMILES string of the molecule is CC(C)(C)N[C@@H]1CCN(c2ccc(Cl)nn2)C1. The van der Waals surface area contributed by atoms with Crippen LogP contribution in [0.3, 0.4) is 0 Å². The van der Waals surface area contributed by atoms with Gasteiger partial charge in [-0.15, -0.1) is 10.2 Å². The molecule has 0 radical (unpaired) electrons. The lowest BCUT2D eigenvalue weighted by molar-refractivity contribution is 0.373. The largest absolute Gasteiger partial charge is 0.354 e. The first-order valence-corrected chi connectivity index (χ1v) is 6.34. The van der Waals surface area contributed by atoms with Crippen LogP contribution in [0.5, 0.6) is 0 Å². The molecular weight excluding hydrogens is 236 g/mol. The van der Waals surface area contributed by atoms with Crippen LogP contribution in [-0.2, 0) is 0 Å². The van der Waals surface area contributed by atoms with Crippen molar-refractivity contribution in [3.05, 3.63) is 17.3 Å². The monoisotopic (exact) mass is 254 g/mol. The van der Waals surface area contributed by atoms with Crippen LogP contribution in [0.4, 0.5) is 5.82 Å². The Hall–Kier alpha value is -0.870. The summed E-state index contributed by atoms with van der Waals surface area (Å²) in [4.78, 5) is 2.24. The van der Waals surface area contributed by atoms with E-state index in [4.69, 9.17) is 11.6 Å². The van der Waals surface area contributed by atoms with Crippen molar-refractivity contribution in [1.82, 2.24) is 15.5 Å². The lowest BCUT2D eigenvalue weighted by atomic mass is 10.1. The quantitative estimate of drug-likeness (QED) is 0.878. The Morgan fingerprint density at radius 2 is 2.12 bits per heavy atom. The van der Waals surface area contributed by atoms with Gasteiger partial charge in [0.25, 0.3) is 0 Å². The van der Waals surface area contributed by atoms with Crippen LogP contribution >= 0.6 is 11.6 Å². The number of anilines is 1. The van der Waals surface area contributed by atoms with Gasteiger partial charge < -0.3 is 10.2 Å². The molecule has 2 rings (SSSR count). The highest BCUT2D eigenvalue weighted by Crippen LogP contribution is 2.19. The Bertz CT molecular complexity index is 371. The van der Waals surface area contributed by atoms with Gasteiger partial charge >= 0.3 is 0 Å². The zero-order valence-corrected chi connectivity index (χ0v) is 11.3. The normalized spacial score (nSPS) is 20.9. The number of aromatic nitrogens is 2. The first-order chi connectivity index (χ1) is 7.94. The molecule has 5 heteroatoms. The van der Waals surface area contributed by atoms with E-state index in [1.54, 1.807) is 6.07 Å². The summed E-state index contributed by atoms with van der Waals surface area (Å²) in [5.41, 5.74) is 0.159. The second-order valence-electron chi connectivity index (χ2n) is 5.54. The summed E-state index contributed by atoms with van der Waals surface area (Å²) < 4.78 is 0. The topological polar surface area (TPSA) is 41.0 Å². The maximum Gasteiger partial charge on any atom is 0.151 e. The van der Waals surface area contributed by atoms with Gasteiger partial charge in [0.1, 0.15) is 0 Å². The zero-order valence-electron chi connectivity index (χ0n) is 10.6. The summed E-state index contributed by atoms with van der Waals surface area (Å²) in [6.45, 7) is 8.57. The minimum absolute atomic E-state index is 0.159. The van der Waals surface area contributed by atoms with Gasteiger partial charge in [-0.2, -0.15) is 0 Å². The summed E-state index contributed by atoms with van der Waals surface area (Å²) in [5.74, 6) is 0.910. The molecule has 1 fully saturated rings. The van der Waals surface area contributed by atoms with Gasteiger partial charge in [0.2, 0.25) is 0 Å². The number of hydrogen-bond acceptors (Lipinski definition) is 4. The lowest BCUT2D eigenvalue weighted by Gasteiger charge is -2.26. The molecule has 1 N–H and O–H groups in total. The van der Waals surface area contributed by atoms with Crippen molar-refractivity contribution in [2.75, 3.05) is 18.0 Å². The summed E-state index contributed by atoms with van der Waals surface area (Å²) in [5, 5.41) is 12.0. The molecule has 94 valence electrons. The third kappa shape index (κ3) is 3.54. The summed E-state index contributed by atoms with van der Waals surface area (Å²) >= 11 is 5.73. The Morgan fingerprint density at radius 3 is 2.71 bits per heavy atom. The predicted molar refractivity (Wildman–Crippen MR) is 70.5 cm³/mol. The van der Waals surface area contributed by atoms with E-state index >= 15 is 0 Å². The Morgan fingerprint density at radius 1 is 1.35 bits per heavy atom. The van der Waals surface area contributed by atoms with Gasteiger partial charge in [-0.3, -0.25) is 0 Å². The van der Waals surface area contributed by atoms with E-state index in [1.165, 1.54) is 0 Å². The van der Waals surface area contributed by atoms with Crippen LogP contribution in [0.15, 0.2) is 12.1 Å². The molecule has 1 aromatic heterocycles. The summed E-state index contributed by atoms with van der Waals surface area (Å²) in [6, 6.07) is 4.23. The fourth-order valence-corrected chi connectivity index (χ4v) is 2.28. The molecule has 1 aromatic rings. The molecule has 1 aliphatic rings. The van der Waals surface area contributed by atoms with Crippen LogP contribution in [-0.4, -0.2) is 34.9 Å². The Labute approximate surface area is 107 Å². The first kappa shape index (κ1) is 12.6. The van der Waals surface area contributed by atoms with E-state index in [0.717, 1.165) is 25.3 Å². The number of hydrogen-bond donors (Lipinski definition) is 1. The molecule has 4 nitrogen and oxygen atoms in total. The molecule has 17 heavy (non-hydrogen) atoms. The van der Waals surface area contributed by atoms with Crippen molar-refractivity contribution >= 4 is 17.4 Å². The van der Waals surface area contributed by atoms with E-state index < -0.39 is 0 Å². The maximum atomic E-state index is 5.73. The van der Waals surface area contributed by atoms with E-state index in [2.05, 4.69) is 41.2 Å². The van der Waals surface area contributed by atoms with Crippen molar-refractivity contribution in [1.29, 1.82) is 0 Å². The van der Waals surface area contributed by atoms with Gasteiger partial charge in [0, 0.05) is 24.7 Å². The molecule has 0 amide bonds. The highest BCUT2D eigenvalue weighted by Gasteiger charge is 2.26. The molecule has 1 saturated heterocycles. The minimum Gasteiger partial charge on any atom is -0.354 e. The molecule has 1 aliphatic heterocycles. The summed E-state index contributed by atoms with van der Waals surface area (Å²) in [6.07, 6.45) is 1.14. The Kier molecular flexibility index (Phi) is 3.54. The van der Waals surface area contributed by atoms with E-state index in [0.29, 0.717) is 11.2 Å². The molecule has 0 aliphatic carbocycles. The number of halogens is 1. The predicted octanol–water partition coefficient (Wildman–Crippen LogP) is 2.10. The van der Waals surface area contributed by atoms with Crippen LogP contribution in [0.2, 0.25) is 5.15 Å². The van der Waals surface area contributed by atoms with Gasteiger partial charge in [0.05, 0.1) is 0 Å². The fraction of sp³-hybridized carbons (Fsp3) is 0.667. The van der Waals surface area contributed by atoms with E-state index in [9.17, 15) is 0 Å². The highest BCUT2D eigenvalue weighted by molar-refractivity contribution is 6.29. The third-order valence-electron chi connectivity index (χ3n) is 2.77. The van der Waals surface area contributed by atoms with Gasteiger partial charge in [0.15, 0.2) is 11.0 Å². The van der Waals surface area contributed by atoms with Gasteiger partial charge in [-0.1, -0.05) is 11.6 Å². The van der Waals surface area contributed by atoms with E-state index in [1.807, 2.05) is 6.07 Å². The van der Waals surface area contributed by atoms with Crippen molar-refractivity contribution in [2.45, 2.75) is 38.8 Å². The molecule has 0 unspecified atom stereocenters. The standard InChI is InChI=1S/C12H19ClN4/c1-12(2,3)14-9-6-7-17(8-9)11-5-4-10(13)15-16-11/h4-5,9,14H,6-8H2,1-3H3/t9-/m1/s1. The zero-order chi connectivity index (χ0) is 12.5. The second-order valence-corrected chi connectivity index (χ2v) is 5.93. The molecule has 1 atom stereocenters. The number of nitrogens with zero attached hydrogens (tertiary/aromatic N) is 3. The lowest BCUT2D eigenvalue weighted by Crippen LogP contribution is -2.44. The van der Waals surface area contributed by atoms with Gasteiger partial charge in [-0.25, -0.2) is 0 Å². The molecule has 0 saturated carbocycles. The minimum atomic E-state index is 0.159. The number of nitrogens with one attached hydrogen (secondary N) is 1. The smallest absolute Gasteiger partial charge is 0.151 e. The average Bonchev–Trinajstić information content (AvgIpc) is 2.64. The molecular formula is C12H19ClN4. The second kappa shape index (κ2) is 4.78. The van der Waals surface area contributed by atoms with Crippen molar-refractivity contribution in [2.24, 2.45) is 0 Å². The van der Waals surface area contributed by atoms with Crippen LogP contribution in [0, 0.1) is 0 Å². The van der Waals surface area contributed by atoms with E-state index in [-0.39, 0.29) is 5.54 Å². The van der Waals surface area contributed by atoms with Gasteiger partial charge in [-0.05, 0) is 39.3 Å². The Balaban J connectivity index is 1.96. The highest BCUT2D eigenvalue weighted by atomic mass is 35.5. The maximum absolute atomic E-state index is 5.73. The fourth-order valence-electron chi connectivity index (χ4n) is 2.18. The van der Waals surface area contributed by atoms with Crippen LogP contribution in [0.1, 0.15) is 27.2 Å². The summed E-state index contributed by atoms with van der Waals surface area (Å²) in [7, 11) is 0. The van der Waals surface area contributed by atoms with Crippen LogP contribution in [0.25, 0.3) is 0 Å². The average molecular weight is 255 g/mol. The first-order valence-electron chi connectivity index (χ1n) is 5.96. The molecule has 0 spiro atoms. The molecule has 2 heterocycles. The van der Waals surface area contributed by atoms with Crippen molar-refractivity contribution in [3.63, 3.8) is 0 Å². The number of rotatable bonds is 2. The van der Waals surface area contributed by atoms with Crippen molar-refractivity contribution < 1.29 is 0 Å². The third-order valence-corrected chi connectivity index (χ3v) is 2.97.